The Morgan fingerprint density at radius 3 is 2.43 bits per heavy atom. The van der Waals surface area contributed by atoms with Crippen LogP contribution in [0.2, 0.25) is 0 Å². The first kappa shape index (κ1) is 14.4. The van der Waals surface area contributed by atoms with Gasteiger partial charge in [0.05, 0.1) is 5.71 Å². The maximum Gasteiger partial charge on any atom is 0.144 e. The minimum atomic E-state index is -0.547. The van der Waals surface area contributed by atoms with Gasteiger partial charge in [-0.05, 0) is 44.7 Å². The summed E-state index contributed by atoms with van der Waals surface area (Å²) in [6.45, 7) is 2.78. The summed E-state index contributed by atoms with van der Waals surface area (Å²) in [6, 6.07) is 8.12. The number of aliphatic hydroxyl groups excluding tert-OH is 1. The number of hydrogen-bond donors (Lipinski definition) is 2. The molecule has 0 bridgehead atoms. The second-order valence-electron chi connectivity index (χ2n) is 6.26. The van der Waals surface area contributed by atoms with E-state index in [9.17, 15) is 5.11 Å². The monoisotopic (exact) mass is 288 g/mol. The molecule has 1 atom stereocenters. The van der Waals surface area contributed by atoms with Gasteiger partial charge in [0.15, 0.2) is 0 Å². The Bertz CT molecular complexity index is 476. The molecule has 0 spiro atoms. The second-order valence-corrected chi connectivity index (χ2v) is 6.26. The van der Waals surface area contributed by atoms with Gasteiger partial charge in [-0.25, -0.2) is 0 Å². The van der Waals surface area contributed by atoms with Crippen LogP contribution in [0.1, 0.15) is 31.2 Å². The molecule has 21 heavy (non-hydrogen) atoms. The highest BCUT2D eigenvalue weighted by atomic mass is 16.6. The Labute approximate surface area is 126 Å². The summed E-state index contributed by atoms with van der Waals surface area (Å²) in [5.41, 5.74) is 3.49. The summed E-state index contributed by atoms with van der Waals surface area (Å²) >= 11 is 0. The third kappa shape index (κ3) is 4.46. The van der Waals surface area contributed by atoms with E-state index in [4.69, 9.17) is 4.84 Å². The number of nitrogens with one attached hydrogen (secondary N) is 1. The quantitative estimate of drug-likeness (QED) is 0.571. The molecule has 0 saturated heterocycles. The molecular formula is C17H24N2O2. The molecule has 0 amide bonds. The standard InChI is InChI=1S/C17H24N2O2/c1-12-2-8-15(9-3-12)18-10-16(20)11-21-19-17(13-4-5-13)14-6-7-14/h2-3,8-9,13-14,16,18,20H,4-7,10-11H2,1H3/t16-/m1/s1. The number of hydrogen-bond acceptors (Lipinski definition) is 4. The molecule has 0 heterocycles. The largest absolute Gasteiger partial charge is 0.393 e. The molecule has 2 aliphatic rings. The number of rotatable bonds is 8. The van der Waals surface area contributed by atoms with Crippen molar-refractivity contribution >= 4 is 11.4 Å². The van der Waals surface area contributed by atoms with Crippen molar-refractivity contribution in [3.8, 4) is 0 Å². The molecule has 0 aliphatic heterocycles. The van der Waals surface area contributed by atoms with Crippen molar-refractivity contribution in [1.29, 1.82) is 0 Å². The highest BCUT2D eigenvalue weighted by Gasteiger charge is 2.38. The van der Waals surface area contributed by atoms with Gasteiger partial charge in [-0.3, -0.25) is 0 Å². The van der Waals surface area contributed by atoms with Gasteiger partial charge in [0.25, 0.3) is 0 Å². The van der Waals surface area contributed by atoms with Crippen molar-refractivity contribution in [3.05, 3.63) is 29.8 Å². The molecule has 1 aromatic rings. The molecule has 3 rings (SSSR count). The minimum absolute atomic E-state index is 0.252. The van der Waals surface area contributed by atoms with Crippen molar-refractivity contribution in [1.82, 2.24) is 0 Å². The molecular weight excluding hydrogens is 264 g/mol. The first-order valence-corrected chi connectivity index (χ1v) is 7.90. The number of aliphatic hydroxyl groups is 1. The van der Waals surface area contributed by atoms with Crippen LogP contribution in [0.3, 0.4) is 0 Å². The summed E-state index contributed by atoms with van der Waals surface area (Å²) in [4.78, 5) is 5.37. The highest BCUT2D eigenvalue weighted by Crippen LogP contribution is 2.42. The maximum atomic E-state index is 9.93. The Kier molecular flexibility index (Phi) is 4.44. The third-order valence-corrected chi connectivity index (χ3v) is 4.02. The molecule has 2 aliphatic carbocycles. The van der Waals surface area contributed by atoms with Crippen molar-refractivity contribution in [3.63, 3.8) is 0 Å². The summed E-state index contributed by atoms with van der Waals surface area (Å²) in [5.74, 6) is 1.33. The second kappa shape index (κ2) is 6.48. The maximum absolute atomic E-state index is 9.93. The van der Waals surface area contributed by atoms with Crippen LogP contribution in [0.25, 0.3) is 0 Å². The van der Waals surface area contributed by atoms with E-state index in [2.05, 4.69) is 17.4 Å². The van der Waals surface area contributed by atoms with Crippen LogP contribution in [-0.4, -0.2) is 30.1 Å². The Balaban J connectivity index is 1.38. The summed E-state index contributed by atoms with van der Waals surface area (Å²) < 4.78 is 0. The van der Waals surface area contributed by atoms with Gasteiger partial charge in [-0.15, -0.1) is 0 Å². The van der Waals surface area contributed by atoms with Crippen LogP contribution in [0.5, 0.6) is 0 Å². The molecule has 4 nitrogen and oxygen atoms in total. The van der Waals surface area contributed by atoms with Crippen LogP contribution in [-0.2, 0) is 4.84 Å². The molecule has 2 fully saturated rings. The molecule has 2 N–H and O–H groups in total. The van der Waals surface area contributed by atoms with Gasteiger partial charge in [-0.1, -0.05) is 22.9 Å². The zero-order valence-electron chi connectivity index (χ0n) is 12.6. The summed E-state index contributed by atoms with van der Waals surface area (Å²) in [7, 11) is 0. The van der Waals surface area contributed by atoms with E-state index < -0.39 is 6.10 Å². The fourth-order valence-corrected chi connectivity index (χ4v) is 2.40. The zero-order valence-corrected chi connectivity index (χ0v) is 12.6. The van der Waals surface area contributed by atoms with Crippen LogP contribution in [0.15, 0.2) is 29.4 Å². The Morgan fingerprint density at radius 2 is 1.86 bits per heavy atom. The average molecular weight is 288 g/mol. The van der Waals surface area contributed by atoms with Crippen LogP contribution in [0, 0.1) is 18.8 Å². The van der Waals surface area contributed by atoms with Gasteiger partial charge >= 0.3 is 0 Å². The van der Waals surface area contributed by atoms with Crippen molar-refractivity contribution < 1.29 is 9.94 Å². The molecule has 0 radical (unpaired) electrons. The predicted octanol–water partition coefficient (Wildman–Crippen LogP) is 2.96. The third-order valence-electron chi connectivity index (χ3n) is 4.02. The van der Waals surface area contributed by atoms with Crippen molar-refractivity contribution in [2.75, 3.05) is 18.5 Å². The first-order chi connectivity index (χ1) is 10.2. The molecule has 4 heteroatoms. The highest BCUT2D eigenvalue weighted by molar-refractivity contribution is 5.92. The average Bonchev–Trinajstić information content (AvgIpc) is 3.37. The molecule has 0 unspecified atom stereocenters. The van der Waals surface area contributed by atoms with Gasteiger partial charge in [0, 0.05) is 24.1 Å². The van der Waals surface area contributed by atoms with Crippen molar-refractivity contribution in [2.45, 2.75) is 38.7 Å². The van der Waals surface area contributed by atoms with E-state index >= 15 is 0 Å². The number of nitrogens with zero attached hydrogens (tertiary/aromatic N) is 1. The van der Waals surface area contributed by atoms with Crippen LogP contribution in [0.4, 0.5) is 5.69 Å². The number of anilines is 1. The summed E-state index contributed by atoms with van der Waals surface area (Å²) in [5, 5.41) is 17.4. The van der Waals surface area contributed by atoms with Gasteiger partial charge in [0.1, 0.15) is 12.7 Å². The topological polar surface area (TPSA) is 53.8 Å². The van der Waals surface area contributed by atoms with Gasteiger partial charge < -0.3 is 15.3 Å². The van der Waals surface area contributed by atoms with Crippen molar-refractivity contribution in [2.24, 2.45) is 17.0 Å². The van der Waals surface area contributed by atoms with Crippen LogP contribution < -0.4 is 5.32 Å². The van der Waals surface area contributed by atoms with E-state index in [1.807, 2.05) is 24.3 Å². The fourth-order valence-electron chi connectivity index (χ4n) is 2.40. The number of oxime groups is 1. The number of benzene rings is 1. The van der Waals surface area contributed by atoms with E-state index in [1.54, 1.807) is 0 Å². The van der Waals surface area contributed by atoms with Gasteiger partial charge in [-0.2, -0.15) is 0 Å². The lowest BCUT2D eigenvalue weighted by atomic mass is 10.2. The van der Waals surface area contributed by atoms with E-state index in [-0.39, 0.29) is 6.61 Å². The van der Waals surface area contributed by atoms with E-state index in [0.29, 0.717) is 18.4 Å². The molecule has 2 saturated carbocycles. The Hall–Kier alpha value is -1.55. The Morgan fingerprint density at radius 1 is 1.24 bits per heavy atom. The summed E-state index contributed by atoms with van der Waals surface area (Å²) in [6.07, 6.45) is 4.49. The lowest BCUT2D eigenvalue weighted by molar-refractivity contribution is 0.0461. The first-order valence-electron chi connectivity index (χ1n) is 7.90. The van der Waals surface area contributed by atoms with Gasteiger partial charge in [0.2, 0.25) is 0 Å². The lowest BCUT2D eigenvalue weighted by Crippen LogP contribution is -2.24. The lowest BCUT2D eigenvalue weighted by Gasteiger charge is -2.12. The normalized spacial score (nSPS) is 19.0. The SMILES string of the molecule is Cc1ccc(NC[C@@H](O)CON=C(C2CC2)C2CC2)cc1. The number of aryl methyl sites for hydroxylation is 1. The van der Waals surface area contributed by atoms with Crippen LogP contribution >= 0.6 is 0 Å². The molecule has 0 aromatic heterocycles. The molecule has 1 aromatic carbocycles. The van der Waals surface area contributed by atoms with E-state index in [1.165, 1.54) is 37.0 Å². The zero-order chi connectivity index (χ0) is 14.7. The fraction of sp³-hybridized carbons (Fsp3) is 0.588. The van der Waals surface area contributed by atoms with E-state index in [0.717, 1.165) is 5.69 Å². The smallest absolute Gasteiger partial charge is 0.144 e. The molecule has 114 valence electrons. The predicted molar refractivity (Wildman–Crippen MR) is 84.5 cm³/mol. The minimum Gasteiger partial charge on any atom is -0.393 e.